The van der Waals surface area contributed by atoms with Crippen LogP contribution in [0, 0.1) is 0 Å². The minimum Gasteiger partial charge on any atom is -0.390 e. The second-order valence-corrected chi connectivity index (χ2v) is 22.7. The van der Waals surface area contributed by atoms with Crippen LogP contribution in [-0.2, 0) is 51.3 Å². The van der Waals surface area contributed by atoms with Crippen molar-refractivity contribution in [2.45, 2.75) is 93.3 Å². The molecule has 1 fully saturated rings. The number of allylic oxidation sites excluding steroid dienone is 8. The van der Waals surface area contributed by atoms with Crippen molar-refractivity contribution in [2.75, 3.05) is 54.6 Å². The molecule has 1 saturated carbocycles. The van der Waals surface area contributed by atoms with Gasteiger partial charge < -0.3 is 14.9 Å². The van der Waals surface area contributed by atoms with E-state index in [-0.39, 0.29) is 29.2 Å². The molecule has 61 heavy (non-hydrogen) atoms. The standard InChI is InChI=1S/C41H55N3O13S4/c1-40(2)33-27-31(60(52,53)54)15-17-35(33)43(21-6-8-25-58(46,47)48)37(40)19-13-29-11-10-12-30(39(29)42(5)23-24-45)14-20-38-41(3,4)34-28-32(61(55,56)57)16-18-36(34)44(38)22-7-9-26-59(49,50)51/h13-20,27-28,45H,6-12,21-26H2,1-5H3,(H3-,46,47,48,49,50,51,52,53,54,55,56,57)/p+1. The van der Waals surface area contributed by atoms with Gasteiger partial charge in [-0.1, -0.05) is 39.8 Å². The van der Waals surface area contributed by atoms with E-state index in [9.17, 15) is 57.0 Å². The average molecular weight is 927 g/mol. The summed E-state index contributed by atoms with van der Waals surface area (Å²) in [4.78, 5) is 3.46. The van der Waals surface area contributed by atoms with Crippen LogP contribution in [0.2, 0.25) is 0 Å². The number of anilines is 2. The van der Waals surface area contributed by atoms with Gasteiger partial charge >= 0.3 is 0 Å². The van der Waals surface area contributed by atoms with Gasteiger partial charge in [0.1, 0.15) is 13.7 Å². The second-order valence-electron chi connectivity index (χ2n) is 16.7. The lowest BCUT2D eigenvalue weighted by molar-refractivity contribution is -0.499. The first-order valence-corrected chi connectivity index (χ1v) is 26.0. The molecule has 1 aliphatic carbocycles. The Morgan fingerprint density at radius 2 is 1.02 bits per heavy atom. The number of likely N-dealkylation sites (N-methyl/N-ethyl adjacent to an activating group) is 1. The molecule has 336 valence electrons. The van der Waals surface area contributed by atoms with Crippen LogP contribution in [0.5, 0.6) is 0 Å². The Morgan fingerprint density at radius 1 is 0.623 bits per heavy atom. The molecule has 0 spiro atoms. The van der Waals surface area contributed by atoms with Crippen molar-refractivity contribution >= 4 is 57.6 Å². The first-order chi connectivity index (χ1) is 28.2. The molecule has 5 N–H and O–H groups in total. The number of aliphatic hydroxyl groups is 1. The molecular weight excluding hydrogens is 871 g/mol. The van der Waals surface area contributed by atoms with Crippen LogP contribution in [0.25, 0.3) is 0 Å². The van der Waals surface area contributed by atoms with E-state index >= 15 is 0 Å². The molecule has 0 bridgehead atoms. The molecule has 0 saturated heterocycles. The molecule has 3 aliphatic rings. The van der Waals surface area contributed by atoms with Crippen molar-refractivity contribution in [1.29, 1.82) is 0 Å². The van der Waals surface area contributed by atoms with Gasteiger partial charge in [0.05, 0.1) is 21.3 Å². The lowest BCUT2D eigenvalue weighted by atomic mass is 9.82. The van der Waals surface area contributed by atoms with Gasteiger partial charge in [-0.3, -0.25) is 18.2 Å². The van der Waals surface area contributed by atoms with E-state index in [2.05, 4.69) is 0 Å². The quantitative estimate of drug-likeness (QED) is 0.0816. The van der Waals surface area contributed by atoms with Gasteiger partial charge in [-0.05, 0) is 105 Å². The van der Waals surface area contributed by atoms with Crippen molar-refractivity contribution in [2.24, 2.45) is 0 Å². The maximum atomic E-state index is 12.2. The average Bonchev–Trinajstić information content (AvgIpc) is 3.49. The Labute approximate surface area is 359 Å². The Bertz CT molecular complexity index is 2490. The number of nitrogens with zero attached hydrogens (tertiary/aromatic N) is 3. The van der Waals surface area contributed by atoms with E-state index < -0.39 is 62.8 Å². The summed E-state index contributed by atoms with van der Waals surface area (Å²) in [7, 11) is -15.5. The minimum absolute atomic E-state index is 0.131. The fraction of sp³-hybridized carbons (Fsp3) is 0.488. The molecule has 2 aromatic carbocycles. The molecule has 2 aromatic rings. The summed E-state index contributed by atoms with van der Waals surface area (Å²) < 4.78 is 135. The van der Waals surface area contributed by atoms with Gasteiger partial charge in [0.25, 0.3) is 40.5 Å². The molecule has 0 amide bonds. The largest absolute Gasteiger partial charge is 0.390 e. The minimum atomic E-state index is -4.52. The van der Waals surface area contributed by atoms with Crippen LogP contribution in [0.1, 0.15) is 83.8 Å². The van der Waals surface area contributed by atoms with Crippen LogP contribution in [0.3, 0.4) is 0 Å². The molecule has 2 heterocycles. The zero-order valence-corrected chi connectivity index (χ0v) is 38.2. The van der Waals surface area contributed by atoms with E-state index in [4.69, 9.17) is 0 Å². The Hall–Kier alpha value is -3.73. The van der Waals surface area contributed by atoms with Gasteiger partial charge in [0.2, 0.25) is 5.71 Å². The van der Waals surface area contributed by atoms with Crippen molar-refractivity contribution < 1.29 is 61.6 Å². The predicted molar refractivity (Wildman–Crippen MR) is 234 cm³/mol. The summed E-state index contributed by atoms with van der Waals surface area (Å²) in [5.74, 6) is -0.827. The summed E-state index contributed by atoms with van der Waals surface area (Å²) in [5.41, 5.74) is 5.48. The summed E-state index contributed by atoms with van der Waals surface area (Å²) in [6, 6.07) is 8.74. The normalized spacial score (nSPS) is 20.6. The Balaban J connectivity index is 1.60. The molecule has 5 rings (SSSR count). The SMILES string of the molecule is C[N+](CCO)=C1C(=CC=C2N(CCCCS(=O)(=O)O)c3ccc(S(=O)(=O)O)cc3C2(C)C)CCCC1=CC=C1N(CCCCS(=O)(=O)O)c2ccc(S(=O)(=O)O)cc2C1(C)C. The van der Waals surface area contributed by atoms with E-state index in [1.54, 1.807) is 12.1 Å². The molecule has 16 nitrogen and oxygen atoms in total. The molecular formula is C41H56N3O13S4+. The van der Waals surface area contributed by atoms with E-state index in [0.717, 1.165) is 34.7 Å². The summed E-state index contributed by atoms with van der Waals surface area (Å²) in [6.45, 7) is 8.59. The van der Waals surface area contributed by atoms with Gasteiger partial charge in [-0.25, -0.2) is 4.58 Å². The molecule has 0 atom stereocenters. The molecule has 20 heteroatoms. The second kappa shape index (κ2) is 18.2. The van der Waals surface area contributed by atoms with Crippen LogP contribution >= 0.6 is 0 Å². The van der Waals surface area contributed by atoms with E-state index in [1.807, 2.05) is 73.4 Å². The van der Waals surface area contributed by atoms with Crippen LogP contribution in [0.15, 0.2) is 93.0 Å². The van der Waals surface area contributed by atoms with E-state index in [1.165, 1.54) is 24.3 Å². The fourth-order valence-electron chi connectivity index (χ4n) is 8.57. The molecule has 0 radical (unpaired) electrons. The highest BCUT2D eigenvalue weighted by atomic mass is 32.2. The highest BCUT2D eigenvalue weighted by Gasteiger charge is 2.42. The van der Waals surface area contributed by atoms with Gasteiger partial charge in [0.15, 0.2) is 6.54 Å². The zero-order valence-electron chi connectivity index (χ0n) is 34.9. The third-order valence-electron chi connectivity index (χ3n) is 11.6. The number of rotatable bonds is 16. The summed E-state index contributed by atoms with van der Waals surface area (Å²) in [5, 5.41) is 10.1. The molecule has 0 aromatic heterocycles. The van der Waals surface area contributed by atoms with Gasteiger partial charge in [0, 0.05) is 57.8 Å². The molecule has 2 aliphatic heterocycles. The lowest BCUT2D eigenvalue weighted by Gasteiger charge is -2.28. The number of aliphatic hydroxyl groups excluding tert-OH is 1. The van der Waals surface area contributed by atoms with Crippen molar-refractivity contribution in [1.82, 2.24) is 0 Å². The maximum absolute atomic E-state index is 12.2. The topological polar surface area (TPSA) is 247 Å². The first kappa shape index (κ1) is 48.3. The smallest absolute Gasteiger partial charge is 0.294 e. The summed E-state index contributed by atoms with van der Waals surface area (Å²) >= 11 is 0. The number of fused-ring (bicyclic) bond motifs is 2. The fourth-order valence-corrected chi connectivity index (χ4v) is 10.7. The Kier molecular flexibility index (Phi) is 14.4. The number of hydrogen-bond donors (Lipinski definition) is 5. The highest BCUT2D eigenvalue weighted by Crippen LogP contribution is 2.50. The van der Waals surface area contributed by atoms with E-state index in [0.29, 0.717) is 67.8 Å². The third kappa shape index (κ3) is 11.3. The Morgan fingerprint density at radius 3 is 1.36 bits per heavy atom. The highest BCUT2D eigenvalue weighted by molar-refractivity contribution is 7.86. The number of unbranched alkanes of at least 4 members (excludes halogenated alkanes) is 2. The zero-order chi connectivity index (χ0) is 45.3. The van der Waals surface area contributed by atoms with Crippen molar-refractivity contribution in [3.63, 3.8) is 0 Å². The van der Waals surface area contributed by atoms with Crippen LogP contribution < -0.4 is 9.80 Å². The van der Waals surface area contributed by atoms with Gasteiger partial charge in [-0.2, -0.15) is 33.7 Å². The van der Waals surface area contributed by atoms with Gasteiger partial charge in [-0.15, -0.1) is 0 Å². The number of benzene rings is 2. The molecule has 0 unspecified atom stereocenters. The predicted octanol–water partition coefficient (Wildman–Crippen LogP) is 5.29. The van der Waals surface area contributed by atoms with Crippen molar-refractivity contribution in [3.8, 4) is 0 Å². The lowest BCUT2D eigenvalue weighted by Crippen LogP contribution is -2.29. The monoisotopic (exact) mass is 926 g/mol. The number of hydrogen-bond acceptors (Lipinski definition) is 11. The maximum Gasteiger partial charge on any atom is 0.294 e. The summed E-state index contributed by atoms with van der Waals surface area (Å²) in [6.07, 6.45) is 11.1. The van der Waals surface area contributed by atoms with Crippen LogP contribution in [-0.4, -0.2) is 112 Å². The third-order valence-corrected chi connectivity index (χ3v) is 14.9. The van der Waals surface area contributed by atoms with Crippen LogP contribution in [0.4, 0.5) is 11.4 Å². The van der Waals surface area contributed by atoms with Crippen molar-refractivity contribution in [3.05, 3.63) is 94.4 Å². The first-order valence-electron chi connectivity index (χ1n) is 19.9.